The maximum atomic E-state index is 13.8. The summed E-state index contributed by atoms with van der Waals surface area (Å²) in [5, 5.41) is 13.6. The first-order valence-electron chi connectivity index (χ1n) is 8.37. The van der Waals surface area contributed by atoms with Gasteiger partial charge in [0.05, 0.1) is 10.6 Å². The van der Waals surface area contributed by atoms with Crippen molar-refractivity contribution in [1.82, 2.24) is 0 Å². The molecule has 0 aliphatic rings. The van der Waals surface area contributed by atoms with Gasteiger partial charge in [0.15, 0.2) is 11.5 Å². The smallest absolute Gasteiger partial charge is 0.311 e. The van der Waals surface area contributed by atoms with Crippen LogP contribution in [-0.4, -0.2) is 10.8 Å². The summed E-state index contributed by atoms with van der Waals surface area (Å²) in [6, 6.07) is 11.9. The molecule has 1 heterocycles. The highest BCUT2D eigenvalue weighted by Crippen LogP contribution is 2.28. The summed E-state index contributed by atoms with van der Waals surface area (Å²) in [5.41, 5.74) is 1.43. The molecule has 0 saturated heterocycles. The molecule has 0 atom stereocenters. The quantitative estimate of drug-likeness (QED) is 0.488. The Morgan fingerprint density at radius 3 is 2.61 bits per heavy atom. The molecule has 3 aromatic rings. The lowest BCUT2D eigenvalue weighted by atomic mass is 10.2. The Balaban J connectivity index is 1.68. The number of hydrogen-bond acceptors (Lipinski definition) is 5. The van der Waals surface area contributed by atoms with E-state index in [-0.39, 0.29) is 29.5 Å². The van der Waals surface area contributed by atoms with E-state index >= 15 is 0 Å². The normalized spacial score (nSPS) is 10.5. The van der Waals surface area contributed by atoms with Gasteiger partial charge in [-0.15, -0.1) is 0 Å². The number of hydrogen-bond donors (Lipinski definition) is 1. The van der Waals surface area contributed by atoms with Crippen LogP contribution in [0.25, 0.3) is 0 Å². The molecule has 0 radical (unpaired) electrons. The van der Waals surface area contributed by atoms with Gasteiger partial charge < -0.3 is 14.5 Å². The molecule has 0 aliphatic carbocycles. The molecule has 0 spiro atoms. The summed E-state index contributed by atoms with van der Waals surface area (Å²) in [5.74, 6) is -0.805. The molecule has 0 fully saturated rings. The monoisotopic (exact) mass is 384 g/mol. The number of nitrogens with one attached hydrogen (secondary N) is 1. The van der Waals surface area contributed by atoms with Crippen LogP contribution in [0.4, 0.5) is 15.8 Å². The van der Waals surface area contributed by atoms with Gasteiger partial charge in [-0.25, -0.2) is 4.39 Å². The molecule has 0 saturated carbocycles. The highest BCUT2D eigenvalue weighted by atomic mass is 19.1. The molecule has 1 N–H and O–H groups in total. The molecule has 0 bridgehead atoms. The number of ether oxygens (including phenoxy) is 1. The van der Waals surface area contributed by atoms with Crippen molar-refractivity contribution in [2.75, 3.05) is 5.32 Å². The maximum absolute atomic E-state index is 13.8. The van der Waals surface area contributed by atoms with Crippen LogP contribution in [0.1, 0.15) is 27.4 Å². The molecule has 0 unspecified atom stereocenters. The number of nitro benzene ring substituents is 1. The number of halogens is 1. The number of rotatable bonds is 6. The predicted molar refractivity (Wildman–Crippen MR) is 100.0 cm³/mol. The highest BCUT2D eigenvalue weighted by molar-refractivity contribution is 6.02. The molecule has 2 aromatic carbocycles. The Kier molecular flexibility index (Phi) is 5.39. The van der Waals surface area contributed by atoms with E-state index in [2.05, 4.69) is 5.32 Å². The Labute approximate surface area is 159 Å². The molecule has 1 amide bonds. The largest absolute Gasteiger partial charge is 0.479 e. The van der Waals surface area contributed by atoms with Crippen molar-refractivity contribution >= 4 is 17.3 Å². The van der Waals surface area contributed by atoms with Crippen LogP contribution in [0.5, 0.6) is 5.75 Å². The average molecular weight is 384 g/mol. The van der Waals surface area contributed by atoms with Crippen LogP contribution in [-0.2, 0) is 6.61 Å². The molecule has 1 aromatic heterocycles. The van der Waals surface area contributed by atoms with Gasteiger partial charge in [0.2, 0.25) is 0 Å². The van der Waals surface area contributed by atoms with Gasteiger partial charge in [-0.3, -0.25) is 14.9 Å². The van der Waals surface area contributed by atoms with Crippen molar-refractivity contribution in [2.45, 2.75) is 20.5 Å². The number of carbonyl (C=O) groups excluding carboxylic acids is 1. The molecule has 144 valence electrons. The van der Waals surface area contributed by atoms with Gasteiger partial charge in [0, 0.05) is 6.07 Å². The highest BCUT2D eigenvalue weighted by Gasteiger charge is 2.17. The first kappa shape index (κ1) is 19.1. The van der Waals surface area contributed by atoms with Crippen LogP contribution >= 0.6 is 0 Å². The van der Waals surface area contributed by atoms with Crippen molar-refractivity contribution < 1.29 is 23.3 Å². The average Bonchev–Trinajstić information content (AvgIpc) is 3.12. The van der Waals surface area contributed by atoms with Crippen LogP contribution < -0.4 is 10.1 Å². The maximum Gasteiger partial charge on any atom is 0.311 e. The minimum Gasteiger partial charge on any atom is -0.479 e. The molecule has 3 rings (SSSR count). The fourth-order valence-corrected chi connectivity index (χ4v) is 2.54. The van der Waals surface area contributed by atoms with E-state index in [1.807, 2.05) is 0 Å². The molecular weight excluding hydrogens is 367 g/mol. The number of aryl methyl sites for hydroxylation is 2. The number of amides is 1. The second kappa shape index (κ2) is 7.91. The molecule has 7 nitrogen and oxygen atoms in total. The van der Waals surface area contributed by atoms with Gasteiger partial charge in [-0.1, -0.05) is 12.1 Å². The Morgan fingerprint density at radius 2 is 1.86 bits per heavy atom. The Morgan fingerprint density at radius 1 is 1.14 bits per heavy atom. The van der Waals surface area contributed by atoms with Crippen LogP contribution in [0.2, 0.25) is 0 Å². The van der Waals surface area contributed by atoms with Gasteiger partial charge in [0.25, 0.3) is 5.91 Å². The third kappa shape index (κ3) is 4.35. The summed E-state index contributed by atoms with van der Waals surface area (Å²) < 4.78 is 24.6. The number of furan rings is 1. The first-order valence-corrected chi connectivity index (χ1v) is 8.37. The molecule has 8 heteroatoms. The summed E-state index contributed by atoms with van der Waals surface area (Å²) in [6.45, 7) is 3.42. The third-order valence-electron chi connectivity index (χ3n) is 3.94. The van der Waals surface area contributed by atoms with Crippen LogP contribution in [0.15, 0.2) is 52.9 Å². The standard InChI is InChI=1S/C20H17FN2O5/c1-12-3-6-15(21)16(9-12)22-20(24)19-8-5-14(28-19)11-27-18-7-4-13(2)10-17(18)23(25)26/h3-10H,11H2,1-2H3,(H,22,24). The van der Waals surface area contributed by atoms with Gasteiger partial charge >= 0.3 is 5.69 Å². The van der Waals surface area contributed by atoms with E-state index < -0.39 is 16.6 Å². The predicted octanol–water partition coefficient (Wildman–Crippen LogP) is 4.78. The lowest BCUT2D eigenvalue weighted by Crippen LogP contribution is -2.12. The minimum atomic E-state index is -0.614. The Bertz CT molecular complexity index is 1040. The van der Waals surface area contributed by atoms with Crippen molar-refractivity contribution in [1.29, 1.82) is 0 Å². The van der Waals surface area contributed by atoms with Gasteiger partial charge in [0.1, 0.15) is 18.2 Å². The number of nitro groups is 1. The fourth-order valence-electron chi connectivity index (χ4n) is 2.54. The van der Waals surface area contributed by atoms with Gasteiger partial charge in [-0.2, -0.15) is 0 Å². The SMILES string of the molecule is Cc1ccc(F)c(NC(=O)c2ccc(COc3ccc(C)cc3[N+](=O)[O-])o2)c1. The van der Waals surface area contributed by atoms with Crippen molar-refractivity contribution in [3.05, 3.63) is 87.1 Å². The second-order valence-corrected chi connectivity index (χ2v) is 6.22. The number of carbonyl (C=O) groups is 1. The van der Waals surface area contributed by atoms with E-state index in [4.69, 9.17) is 9.15 Å². The zero-order chi connectivity index (χ0) is 20.3. The summed E-state index contributed by atoms with van der Waals surface area (Å²) in [7, 11) is 0. The zero-order valence-electron chi connectivity index (χ0n) is 15.2. The lowest BCUT2D eigenvalue weighted by Gasteiger charge is -2.06. The van der Waals surface area contributed by atoms with E-state index in [1.165, 1.54) is 36.4 Å². The van der Waals surface area contributed by atoms with E-state index in [1.54, 1.807) is 26.0 Å². The number of nitrogens with zero attached hydrogens (tertiary/aromatic N) is 1. The van der Waals surface area contributed by atoms with E-state index in [9.17, 15) is 19.3 Å². The van der Waals surface area contributed by atoms with Crippen molar-refractivity contribution in [3.63, 3.8) is 0 Å². The van der Waals surface area contributed by atoms with Crippen LogP contribution in [0, 0.1) is 29.8 Å². The van der Waals surface area contributed by atoms with Crippen LogP contribution in [0.3, 0.4) is 0 Å². The summed E-state index contributed by atoms with van der Waals surface area (Å²) >= 11 is 0. The summed E-state index contributed by atoms with van der Waals surface area (Å²) in [6.07, 6.45) is 0. The first-order chi connectivity index (χ1) is 13.3. The topological polar surface area (TPSA) is 94.6 Å². The molecular formula is C20H17FN2O5. The Hall–Kier alpha value is -3.68. The van der Waals surface area contributed by atoms with E-state index in [0.717, 1.165) is 11.1 Å². The minimum absolute atomic E-state index is 0.0297. The lowest BCUT2D eigenvalue weighted by molar-refractivity contribution is -0.386. The van der Waals surface area contributed by atoms with Crippen molar-refractivity contribution in [3.8, 4) is 5.75 Å². The number of anilines is 1. The van der Waals surface area contributed by atoms with Gasteiger partial charge in [-0.05, 0) is 55.3 Å². The zero-order valence-corrected chi connectivity index (χ0v) is 15.2. The van der Waals surface area contributed by atoms with E-state index in [0.29, 0.717) is 5.76 Å². The third-order valence-corrected chi connectivity index (χ3v) is 3.94. The molecule has 28 heavy (non-hydrogen) atoms. The number of benzene rings is 2. The second-order valence-electron chi connectivity index (χ2n) is 6.22. The van der Waals surface area contributed by atoms with Crippen molar-refractivity contribution in [2.24, 2.45) is 0 Å². The fraction of sp³-hybridized carbons (Fsp3) is 0.150. The molecule has 0 aliphatic heterocycles. The summed E-state index contributed by atoms with van der Waals surface area (Å²) in [4.78, 5) is 22.8.